The van der Waals surface area contributed by atoms with Crippen LogP contribution in [0.15, 0.2) is 57.5 Å². The molecule has 0 aliphatic rings. The second-order valence-electron chi connectivity index (χ2n) is 4.10. The molecule has 0 N–H and O–H groups in total. The van der Waals surface area contributed by atoms with E-state index in [4.69, 9.17) is 4.74 Å². The molecule has 0 fully saturated rings. The third-order valence-corrected chi connectivity index (χ3v) is 6.37. The van der Waals surface area contributed by atoms with Gasteiger partial charge in [-0.2, -0.15) is 0 Å². The van der Waals surface area contributed by atoms with Gasteiger partial charge in [0.25, 0.3) is 0 Å². The SMILES string of the molecule is Brc1ccccc1C(Br)(Br)OC(Br)(Br)c1ccccc1Br. The van der Waals surface area contributed by atoms with Gasteiger partial charge in [0, 0.05) is 20.1 Å². The molecule has 0 aliphatic heterocycles. The molecule has 1 nitrogen and oxygen atoms in total. The molecule has 0 spiro atoms. The Morgan fingerprint density at radius 3 is 1.29 bits per heavy atom. The van der Waals surface area contributed by atoms with Crippen LogP contribution in [0.25, 0.3) is 0 Å². The topological polar surface area (TPSA) is 9.23 Å². The monoisotopic (exact) mass is 666 g/mol. The van der Waals surface area contributed by atoms with Gasteiger partial charge in [0.1, 0.15) is 0 Å². The maximum atomic E-state index is 6.17. The van der Waals surface area contributed by atoms with E-state index in [1.54, 1.807) is 0 Å². The molecular formula is C14H8Br6O. The van der Waals surface area contributed by atoms with Crippen LogP contribution in [0.1, 0.15) is 11.1 Å². The molecule has 0 heterocycles. The maximum Gasteiger partial charge on any atom is 0.207 e. The summed E-state index contributed by atoms with van der Waals surface area (Å²) in [5.74, 6) is 0. The van der Waals surface area contributed by atoms with E-state index in [2.05, 4.69) is 95.6 Å². The Morgan fingerprint density at radius 2 is 0.952 bits per heavy atom. The smallest absolute Gasteiger partial charge is 0.207 e. The number of alkyl halides is 4. The number of rotatable bonds is 4. The van der Waals surface area contributed by atoms with Crippen LogP contribution >= 0.6 is 95.6 Å². The van der Waals surface area contributed by atoms with Crippen molar-refractivity contribution in [3.8, 4) is 0 Å². The zero-order valence-corrected chi connectivity index (χ0v) is 19.8. The van der Waals surface area contributed by atoms with Crippen LogP contribution in [0, 0.1) is 0 Å². The van der Waals surface area contributed by atoms with E-state index in [-0.39, 0.29) is 0 Å². The Kier molecular flexibility index (Phi) is 6.60. The van der Waals surface area contributed by atoms with E-state index in [0.29, 0.717) is 0 Å². The van der Waals surface area contributed by atoms with Gasteiger partial charge in [-0.1, -0.05) is 68.3 Å². The van der Waals surface area contributed by atoms with Crippen molar-refractivity contribution >= 4 is 95.6 Å². The van der Waals surface area contributed by atoms with Crippen molar-refractivity contribution in [3.05, 3.63) is 68.6 Å². The van der Waals surface area contributed by atoms with Crippen LogP contribution in [0.2, 0.25) is 0 Å². The van der Waals surface area contributed by atoms with Gasteiger partial charge in [0.05, 0.1) is 0 Å². The molecule has 0 aliphatic carbocycles. The highest BCUT2D eigenvalue weighted by Crippen LogP contribution is 2.53. The van der Waals surface area contributed by atoms with E-state index in [1.165, 1.54) is 0 Å². The average Bonchev–Trinajstić information content (AvgIpc) is 2.38. The lowest BCUT2D eigenvalue weighted by Gasteiger charge is -2.32. The van der Waals surface area contributed by atoms with Crippen molar-refractivity contribution in [3.63, 3.8) is 0 Å². The lowest BCUT2D eigenvalue weighted by Crippen LogP contribution is -2.25. The van der Waals surface area contributed by atoms with Gasteiger partial charge in [-0.05, 0) is 75.9 Å². The van der Waals surface area contributed by atoms with Crippen molar-refractivity contribution in [2.24, 2.45) is 0 Å². The third-order valence-electron chi connectivity index (χ3n) is 2.63. The minimum absolute atomic E-state index is 0.873. The average molecular weight is 672 g/mol. The molecule has 0 unspecified atom stereocenters. The fraction of sp³-hybridized carbons (Fsp3) is 0.143. The molecule has 2 aromatic carbocycles. The molecule has 0 amide bonds. The standard InChI is InChI=1S/C14H8Br6O/c15-11-7-3-1-5-9(11)13(17,18)21-14(19,20)10-6-2-4-8-12(10)16/h1-8H. The Bertz CT molecular complexity index is 585. The normalized spacial score (nSPS) is 12.5. The quantitative estimate of drug-likeness (QED) is 0.303. The molecule has 0 radical (unpaired) electrons. The van der Waals surface area contributed by atoms with Gasteiger partial charge >= 0.3 is 0 Å². The molecule has 7 heteroatoms. The summed E-state index contributed by atoms with van der Waals surface area (Å²) in [5, 5.41) is 0. The first kappa shape index (κ1) is 18.6. The van der Waals surface area contributed by atoms with E-state index in [0.717, 1.165) is 20.1 Å². The van der Waals surface area contributed by atoms with Gasteiger partial charge in [0.2, 0.25) is 6.84 Å². The summed E-state index contributed by atoms with van der Waals surface area (Å²) < 4.78 is 6.28. The number of hydrogen-bond donors (Lipinski definition) is 0. The van der Waals surface area contributed by atoms with Crippen LogP contribution in [-0.2, 0) is 11.6 Å². The molecular weight excluding hydrogens is 664 g/mol. The second-order valence-corrected chi connectivity index (χ2v) is 12.4. The highest BCUT2D eigenvalue weighted by molar-refractivity contribution is 9.25. The van der Waals surface area contributed by atoms with Crippen LogP contribution in [0.5, 0.6) is 0 Å². The van der Waals surface area contributed by atoms with Crippen molar-refractivity contribution in [1.29, 1.82) is 0 Å². The highest BCUT2D eigenvalue weighted by atomic mass is 79.9. The molecule has 0 saturated heterocycles. The van der Waals surface area contributed by atoms with Crippen LogP contribution in [-0.4, -0.2) is 0 Å². The Hall–Kier alpha value is 1.28. The summed E-state index contributed by atoms with van der Waals surface area (Å²) in [5.41, 5.74) is 1.83. The third kappa shape index (κ3) is 4.64. The van der Waals surface area contributed by atoms with Crippen molar-refractivity contribution in [1.82, 2.24) is 0 Å². The largest absolute Gasteiger partial charge is 0.317 e. The predicted molar refractivity (Wildman–Crippen MR) is 108 cm³/mol. The second kappa shape index (κ2) is 7.45. The highest BCUT2D eigenvalue weighted by Gasteiger charge is 2.40. The Morgan fingerprint density at radius 1 is 0.619 bits per heavy atom. The summed E-state index contributed by atoms with van der Waals surface area (Å²) in [6, 6.07) is 15.6. The minimum atomic E-state index is -0.873. The summed E-state index contributed by atoms with van der Waals surface area (Å²) in [7, 11) is 0. The zero-order chi connectivity index (χ0) is 15.7. The lowest BCUT2D eigenvalue weighted by molar-refractivity contribution is 0.0624. The van der Waals surface area contributed by atoms with Crippen molar-refractivity contribution in [2.45, 2.75) is 6.84 Å². The number of benzene rings is 2. The lowest BCUT2D eigenvalue weighted by atomic mass is 10.2. The van der Waals surface area contributed by atoms with Gasteiger partial charge in [-0.15, -0.1) is 0 Å². The molecule has 0 saturated carbocycles. The van der Waals surface area contributed by atoms with E-state index in [9.17, 15) is 0 Å². The van der Waals surface area contributed by atoms with Crippen LogP contribution in [0.4, 0.5) is 0 Å². The molecule has 21 heavy (non-hydrogen) atoms. The Balaban J connectivity index is 2.36. The van der Waals surface area contributed by atoms with Crippen LogP contribution < -0.4 is 0 Å². The molecule has 2 rings (SSSR count). The fourth-order valence-electron chi connectivity index (χ4n) is 1.67. The first-order valence-corrected chi connectivity index (χ1v) is 10.5. The Labute approximate surface area is 174 Å². The predicted octanol–water partition coefficient (Wildman–Crippen LogP) is 7.73. The van der Waals surface area contributed by atoms with Gasteiger partial charge in [0.15, 0.2) is 0 Å². The minimum Gasteiger partial charge on any atom is -0.317 e. The number of ether oxygens (including phenoxy) is 1. The first-order valence-electron chi connectivity index (χ1n) is 5.70. The first-order chi connectivity index (χ1) is 9.74. The van der Waals surface area contributed by atoms with E-state index >= 15 is 0 Å². The van der Waals surface area contributed by atoms with Crippen molar-refractivity contribution < 1.29 is 4.74 Å². The zero-order valence-electron chi connectivity index (χ0n) is 10.3. The summed E-state index contributed by atoms with van der Waals surface area (Å²) in [6.07, 6.45) is 0. The van der Waals surface area contributed by atoms with E-state index < -0.39 is 6.84 Å². The molecule has 0 atom stereocenters. The molecule has 2 aromatic rings. The maximum absolute atomic E-state index is 6.17. The summed E-state index contributed by atoms with van der Waals surface area (Å²) in [6.45, 7) is 0. The fourth-order valence-corrected chi connectivity index (χ4v) is 7.08. The van der Waals surface area contributed by atoms with Gasteiger partial charge in [-0.3, -0.25) is 0 Å². The summed E-state index contributed by atoms with van der Waals surface area (Å²) in [4.78, 5) is 0. The number of hydrogen-bond acceptors (Lipinski definition) is 1. The van der Waals surface area contributed by atoms with Gasteiger partial charge < -0.3 is 4.74 Å². The molecule has 112 valence electrons. The van der Waals surface area contributed by atoms with E-state index in [1.807, 2.05) is 48.5 Å². The number of halogens is 6. The molecule has 0 bridgehead atoms. The van der Waals surface area contributed by atoms with Gasteiger partial charge in [-0.25, -0.2) is 0 Å². The van der Waals surface area contributed by atoms with Crippen molar-refractivity contribution in [2.75, 3.05) is 0 Å². The summed E-state index contributed by atoms with van der Waals surface area (Å²) >= 11 is 21.4. The molecule has 0 aromatic heterocycles. The van der Waals surface area contributed by atoms with Crippen LogP contribution in [0.3, 0.4) is 0 Å².